The number of nitrogens with one attached hydrogen (secondary N) is 1. The highest BCUT2D eigenvalue weighted by Crippen LogP contribution is 2.19. The number of nitrogens with zero attached hydrogens (tertiary/aromatic N) is 1. The molecule has 3 N–H and O–H groups in total. The summed E-state index contributed by atoms with van der Waals surface area (Å²) in [6.07, 6.45) is 3.48. The van der Waals surface area contributed by atoms with E-state index in [4.69, 9.17) is 5.73 Å². The lowest BCUT2D eigenvalue weighted by Gasteiger charge is -2.18. The molecule has 0 aromatic carbocycles. The number of anilines is 1. The van der Waals surface area contributed by atoms with Gasteiger partial charge in [0, 0.05) is 18.9 Å². The van der Waals surface area contributed by atoms with Crippen LogP contribution in [-0.4, -0.2) is 19.9 Å². The minimum absolute atomic E-state index is 0.0360. The van der Waals surface area contributed by atoms with Crippen LogP contribution in [0.5, 0.6) is 0 Å². The van der Waals surface area contributed by atoms with Gasteiger partial charge in [-0.15, -0.1) is 0 Å². The van der Waals surface area contributed by atoms with E-state index in [1.807, 2.05) is 0 Å². The van der Waals surface area contributed by atoms with Crippen LogP contribution >= 0.6 is 0 Å². The normalized spacial score (nSPS) is 12.6. The van der Waals surface area contributed by atoms with Crippen LogP contribution in [0.3, 0.4) is 0 Å². The van der Waals surface area contributed by atoms with Crippen molar-refractivity contribution in [2.45, 2.75) is 32.1 Å². The lowest BCUT2D eigenvalue weighted by molar-refractivity contribution is 0.378. The first-order valence-corrected chi connectivity index (χ1v) is 6.90. The number of nitrogens with two attached hydrogens (primary N) is 1. The van der Waals surface area contributed by atoms with E-state index in [2.05, 4.69) is 30.5 Å². The van der Waals surface area contributed by atoms with Gasteiger partial charge in [0.1, 0.15) is 4.90 Å². The standard InChI is InChI=1S/C11H19N3O2S/c1-11(2,3)5-7-14-17(15,16)10-8-13-6-4-9(10)12/h4,6,8,14H,5,7H2,1-3H3,(H2,12,13). The van der Waals surface area contributed by atoms with Gasteiger partial charge in [-0.1, -0.05) is 20.8 Å². The fourth-order valence-corrected chi connectivity index (χ4v) is 2.36. The van der Waals surface area contributed by atoms with Gasteiger partial charge in [-0.25, -0.2) is 13.1 Å². The Morgan fingerprint density at radius 2 is 2.06 bits per heavy atom. The van der Waals surface area contributed by atoms with Gasteiger partial charge in [-0.3, -0.25) is 4.98 Å². The molecule has 6 heteroatoms. The van der Waals surface area contributed by atoms with E-state index in [1.54, 1.807) is 0 Å². The molecule has 0 spiro atoms. The fraction of sp³-hybridized carbons (Fsp3) is 0.545. The fourth-order valence-electron chi connectivity index (χ4n) is 1.25. The van der Waals surface area contributed by atoms with Crippen molar-refractivity contribution < 1.29 is 8.42 Å². The Bertz CT molecular complexity index is 478. The van der Waals surface area contributed by atoms with Crippen molar-refractivity contribution in [1.29, 1.82) is 0 Å². The third-order valence-corrected chi connectivity index (χ3v) is 3.78. The second-order valence-corrected chi connectivity index (χ2v) is 6.86. The van der Waals surface area contributed by atoms with Gasteiger partial charge in [0.05, 0.1) is 5.69 Å². The Kier molecular flexibility index (Phi) is 4.11. The SMILES string of the molecule is CC(C)(C)CCNS(=O)(=O)c1cnccc1N. The Balaban J connectivity index is 2.74. The van der Waals surface area contributed by atoms with Crippen molar-refractivity contribution in [2.24, 2.45) is 5.41 Å². The number of rotatable bonds is 4. The van der Waals surface area contributed by atoms with E-state index >= 15 is 0 Å². The topological polar surface area (TPSA) is 85.1 Å². The van der Waals surface area contributed by atoms with Gasteiger partial charge in [0.15, 0.2) is 0 Å². The highest BCUT2D eigenvalue weighted by molar-refractivity contribution is 7.89. The second kappa shape index (κ2) is 5.01. The Labute approximate surface area is 102 Å². The van der Waals surface area contributed by atoms with Gasteiger partial charge in [-0.05, 0) is 17.9 Å². The molecular formula is C11H19N3O2S. The van der Waals surface area contributed by atoms with E-state index in [-0.39, 0.29) is 16.0 Å². The molecule has 0 radical (unpaired) electrons. The van der Waals surface area contributed by atoms with E-state index in [0.717, 1.165) is 6.42 Å². The number of aromatic nitrogens is 1. The Hall–Kier alpha value is -1.14. The molecule has 96 valence electrons. The minimum atomic E-state index is -3.55. The summed E-state index contributed by atoms with van der Waals surface area (Å²) in [5.41, 5.74) is 5.90. The maximum Gasteiger partial charge on any atom is 0.244 e. The first-order valence-electron chi connectivity index (χ1n) is 5.41. The maximum atomic E-state index is 11.9. The maximum absolute atomic E-state index is 11.9. The summed E-state index contributed by atoms with van der Waals surface area (Å²) in [6, 6.07) is 1.47. The first-order chi connectivity index (χ1) is 7.72. The third kappa shape index (κ3) is 4.32. The van der Waals surface area contributed by atoms with Crippen molar-refractivity contribution in [2.75, 3.05) is 12.3 Å². The first kappa shape index (κ1) is 13.9. The molecule has 0 aliphatic rings. The average Bonchev–Trinajstić information content (AvgIpc) is 2.15. The summed E-state index contributed by atoms with van der Waals surface area (Å²) >= 11 is 0. The number of nitrogen functional groups attached to an aromatic ring is 1. The molecule has 0 atom stereocenters. The summed E-state index contributed by atoms with van der Waals surface area (Å²) in [5.74, 6) is 0. The van der Waals surface area contributed by atoms with Crippen molar-refractivity contribution in [3.63, 3.8) is 0 Å². The molecule has 0 fully saturated rings. The summed E-state index contributed by atoms with van der Waals surface area (Å²) in [4.78, 5) is 3.81. The summed E-state index contributed by atoms with van der Waals surface area (Å²) < 4.78 is 26.3. The van der Waals surface area contributed by atoms with Crippen LogP contribution in [0.2, 0.25) is 0 Å². The lowest BCUT2D eigenvalue weighted by atomic mass is 9.93. The van der Waals surface area contributed by atoms with Gasteiger partial charge in [0.2, 0.25) is 10.0 Å². The van der Waals surface area contributed by atoms with Gasteiger partial charge in [0.25, 0.3) is 0 Å². The Morgan fingerprint density at radius 1 is 1.41 bits per heavy atom. The van der Waals surface area contributed by atoms with Gasteiger partial charge >= 0.3 is 0 Å². The molecule has 0 saturated carbocycles. The van der Waals surface area contributed by atoms with E-state index in [0.29, 0.717) is 6.54 Å². The molecule has 0 amide bonds. The van der Waals surface area contributed by atoms with Crippen LogP contribution in [0.15, 0.2) is 23.4 Å². The summed E-state index contributed by atoms with van der Waals surface area (Å²) in [7, 11) is -3.55. The van der Waals surface area contributed by atoms with Gasteiger partial charge < -0.3 is 5.73 Å². The zero-order valence-corrected chi connectivity index (χ0v) is 11.2. The number of hydrogen-bond acceptors (Lipinski definition) is 4. The molecule has 1 aromatic heterocycles. The second-order valence-electron chi connectivity index (χ2n) is 5.12. The molecule has 17 heavy (non-hydrogen) atoms. The van der Waals surface area contributed by atoms with Crippen LogP contribution in [0.1, 0.15) is 27.2 Å². The summed E-state index contributed by atoms with van der Waals surface area (Å²) in [6.45, 7) is 6.55. The molecule has 1 aromatic rings. The molecule has 0 bridgehead atoms. The molecule has 5 nitrogen and oxygen atoms in total. The predicted octanol–water partition coefficient (Wildman–Crippen LogP) is 1.38. The lowest BCUT2D eigenvalue weighted by Crippen LogP contribution is -2.28. The van der Waals surface area contributed by atoms with Crippen LogP contribution in [-0.2, 0) is 10.0 Å². The highest BCUT2D eigenvalue weighted by Gasteiger charge is 2.18. The third-order valence-electron chi connectivity index (χ3n) is 2.27. The molecule has 0 saturated heterocycles. The van der Waals surface area contributed by atoms with Gasteiger partial charge in [-0.2, -0.15) is 0 Å². The van der Waals surface area contributed by atoms with Crippen LogP contribution < -0.4 is 10.5 Å². The summed E-state index contributed by atoms with van der Waals surface area (Å²) in [5, 5.41) is 0. The molecular weight excluding hydrogens is 238 g/mol. The van der Waals surface area contributed by atoms with Crippen LogP contribution in [0, 0.1) is 5.41 Å². The Morgan fingerprint density at radius 3 is 2.59 bits per heavy atom. The average molecular weight is 257 g/mol. The molecule has 1 heterocycles. The van der Waals surface area contributed by atoms with Crippen LogP contribution in [0.4, 0.5) is 5.69 Å². The van der Waals surface area contributed by atoms with Crippen molar-refractivity contribution in [3.8, 4) is 0 Å². The number of pyridine rings is 1. The number of hydrogen-bond donors (Lipinski definition) is 2. The van der Waals surface area contributed by atoms with E-state index < -0.39 is 10.0 Å². The van der Waals surface area contributed by atoms with Crippen molar-refractivity contribution in [3.05, 3.63) is 18.5 Å². The smallest absolute Gasteiger partial charge is 0.244 e. The monoisotopic (exact) mass is 257 g/mol. The molecule has 1 rings (SSSR count). The zero-order chi connectivity index (χ0) is 13.1. The molecule has 0 unspecified atom stereocenters. The number of sulfonamides is 1. The highest BCUT2D eigenvalue weighted by atomic mass is 32.2. The molecule has 0 aliphatic heterocycles. The largest absolute Gasteiger partial charge is 0.398 e. The van der Waals surface area contributed by atoms with Crippen LogP contribution in [0.25, 0.3) is 0 Å². The minimum Gasteiger partial charge on any atom is -0.398 e. The van der Waals surface area contributed by atoms with E-state index in [9.17, 15) is 8.42 Å². The molecule has 0 aliphatic carbocycles. The van der Waals surface area contributed by atoms with Crippen molar-refractivity contribution in [1.82, 2.24) is 9.71 Å². The quantitative estimate of drug-likeness (QED) is 0.853. The van der Waals surface area contributed by atoms with E-state index in [1.165, 1.54) is 18.5 Å². The van der Waals surface area contributed by atoms with Crippen molar-refractivity contribution >= 4 is 15.7 Å². The predicted molar refractivity (Wildman–Crippen MR) is 67.9 cm³/mol. The zero-order valence-electron chi connectivity index (χ0n) is 10.4.